The molecule has 0 bridgehead atoms. The molecule has 2 rings (SSSR count). The number of amides is 1. The molecular weight excluding hydrogens is 368 g/mol. The van der Waals surface area contributed by atoms with Gasteiger partial charge in [0.15, 0.2) is 0 Å². The van der Waals surface area contributed by atoms with Gasteiger partial charge in [0.1, 0.15) is 5.75 Å². The molecule has 2 aromatic carbocycles. The minimum absolute atomic E-state index is 0.0850. The third-order valence-corrected chi connectivity index (χ3v) is 5.10. The lowest BCUT2D eigenvalue weighted by molar-refractivity contribution is 0.102. The lowest BCUT2D eigenvalue weighted by atomic mass is 10.2. The second-order valence-electron chi connectivity index (χ2n) is 5.71. The van der Waals surface area contributed by atoms with Gasteiger partial charge < -0.3 is 14.8 Å². The van der Waals surface area contributed by atoms with Gasteiger partial charge in [0.2, 0.25) is 10.0 Å². The normalized spacial score (nSPS) is 11.2. The van der Waals surface area contributed by atoms with Crippen molar-refractivity contribution in [3.05, 3.63) is 54.1 Å². The van der Waals surface area contributed by atoms with E-state index in [1.165, 1.54) is 31.4 Å². The Morgan fingerprint density at radius 1 is 1.04 bits per heavy atom. The summed E-state index contributed by atoms with van der Waals surface area (Å²) >= 11 is 0. The molecular formula is C19H24N2O5S. The molecule has 0 radical (unpaired) electrons. The Bertz CT molecular complexity index is 851. The SMILES string of the molecule is CCCOc1ccccc1NC(=O)c1ccc(S(=O)(=O)NCCOC)cc1. The highest BCUT2D eigenvalue weighted by molar-refractivity contribution is 7.89. The molecule has 0 saturated heterocycles. The standard InChI is InChI=1S/C19H24N2O5S/c1-3-13-26-18-7-5-4-6-17(18)21-19(22)15-8-10-16(11-9-15)27(23,24)20-12-14-25-2/h4-11,20H,3,12-14H2,1-2H3,(H,21,22). The molecule has 7 nitrogen and oxygen atoms in total. The molecule has 0 saturated carbocycles. The van der Waals surface area contributed by atoms with Gasteiger partial charge in [-0.15, -0.1) is 0 Å². The average Bonchev–Trinajstić information content (AvgIpc) is 2.67. The summed E-state index contributed by atoms with van der Waals surface area (Å²) in [5.41, 5.74) is 0.907. The fourth-order valence-corrected chi connectivity index (χ4v) is 3.26. The van der Waals surface area contributed by atoms with Crippen molar-refractivity contribution >= 4 is 21.6 Å². The number of benzene rings is 2. The van der Waals surface area contributed by atoms with Crippen LogP contribution in [0.25, 0.3) is 0 Å². The number of hydrogen-bond acceptors (Lipinski definition) is 5. The van der Waals surface area contributed by atoms with E-state index in [-0.39, 0.29) is 24.0 Å². The van der Waals surface area contributed by atoms with Crippen LogP contribution in [0, 0.1) is 0 Å². The maximum Gasteiger partial charge on any atom is 0.255 e. The van der Waals surface area contributed by atoms with E-state index in [0.29, 0.717) is 23.6 Å². The van der Waals surface area contributed by atoms with Gasteiger partial charge in [0.25, 0.3) is 5.91 Å². The van der Waals surface area contributed by atoms with Crippen molar-refractivity contribution in [3.8, 4) is 5.75 Å². The number of anilines is 1. The lowest BCUT2D eigenvalue weighted by Crippen LogP contribution is -2.27. The third kappa shape index (κ3) is 6.06. The van der Waals surface area contributed by atoms with Crippen LogP contribution in [0.2, 0.25) is 0 Å². The third-order valence-electron chi connectivity index (χ3n) is 3.62. The van der Waals surface area contributed by atoms with Gasteiger partial charge in [-0.2, -0.15) is 0 Å². The first-order chi connectivity index (χ1) is 13.0. The van der Waals surface area contributed by atoms with Crippen molar-refractivity contribution < 1.29 is 22.7 Å². The Morgan fingerprint density at radius 2 is 1.74 bits per heavy atom. The Balaban J connectivity index is 2.08. The van der Waals surface area contributed by atoms with Gasteiger partial charge in [-0.25, -0.2) is 13.1 Å². The predicted octanol–water partition coefficient (Wildman–Crippen LogP) is 2.65. The topological polar surface area (TPSA) is 93.7 Å². The van der Waals surface area contributed by atoms with E-state index in [9.17, 15) is 13.2 Å². The summed E-state index contributed by atoms with van der Waals surface area (Å²) in [6.45, 7) is 3.01. The maximum atomic E-state index is 12.5. The van der Waals surface area contributed by atoms with Crippen LogP contribution in [0.4, 0.5) is 5.69 Å². The Labute approximate surface area is 159 Å². The number of carbonyl (C=O) groups excluding carboxylic acids is 1. The molecule has 0 fully saturated rings. The fourth-order valence-electron chi connectivity index (χ4n) is 2.25. The highest BCUT2D eigenvalue weighted by Crippen LogP contribution is 2.24. The molecule has 0 unspecified atom stereocenters. The number of methoxy groups -OCH3 is 1. The summed E-state index contributed by atoms with van der Waals surface area (Å²) in [7, 11) is -2.14. The van der Waals surface area contributed by atoms with Crippen LogP contribution in [0.5, 0.6) is 5.75 Å². The van der Waals surface area contributed by atoms with Crippen LogP contribution in [0.3, 0.4) is 0 Å². The van der Waals surface area contributed by atoms with Gasteiger partial charge in [0.05, 0.1) is 23.8 Å². The molecule has 1 amide bonds. The van der Waals surface area contributed by atoms with Crippen molar-refractivity contribution in [2.45, 2.75) is 18.2 Å². The monoisotopic (exact) mass is 392 g/mol. The second kappa shape index (κ2) is 10.1. The lowest BCUT2D eigenvalue weighted by Gasteiger charge is -2.12. The maximum absolute atomic E-state index is 12.5. The van der Waals surface area contributed by atoms with Crippen LogP contribution >= 0.6 is 0 Å². The van der Waals surface area contributed by atoms with Crippen molar-refractivity contribution in [1.29, 1.82) is 0 Å². The Morgan fingerprint density at radius 3 is 2.41 bits per heavy atom. The zero-order valence-corrected chi connectivity index (χ0v) is 16.2. The van der Waals surface area contributed by atoms with Gasteiger partial charge in [-0.05, 0) is 42.8 Å². The largest absolute Gasteiger partial charge is 0.491 e. The van der Waals surface area contributed by atoms with Crippen LogP contribution in [-0.2, 0) is 14.8 Å². The molecule has 8 heteroatoms. The predicted molar refractivity (Wildman–Crippen MR) is 104 cm³/mol. The van der Waals surface area contributed by atoms with Crippen LogP contribution in [0.15, 0.2) is 53.4 Å². The van der Waals surface area contributed by atoms with E-state index in [1.54, 1.807) is 18.2 Å². The first-order valence-corrected chi connectivity index (χ1v) is 10.1. The van der Waals surface area contributed by atoms with E-state index in [2.05, 4.69) is 10.0 Å². The van der Waals surface area contributed by atoms with Crippen molar-refractivity contribution in [2.75, 3.05) is 32.2 Å². The molecule has 0 aliphatic rings. The molecule has 0 aliphatic heterocycles. The quantitative estimate of drug-likeness (QED) is 0.606. The number of ether oxygens (including phenoxy) is 2. The molecule has 2 aromatic rings. The smallest absolute Gasteiger partial charge is 0.255 e. The second-order valence-corrected chi connectivity index (χ2v) is 7.48. The summed E-state index contributed by atoms with van der Waals surface area (Å²) in [5.74, 6) is 0.244. The zero-order valence-electron chi connectivity index (χ0n) is 15.4. The first-order valence-electron chi connectivity index (χ1n) is 8.59. The van der Waals surface area contributed by atoms with E-state index in [0.717, 1.165) is 6.42 Å². The highest BCUT2D eigenvalue weighted by Gasteiger charge is 2.15. The zero-order chi connectivity index (χ0) is 19.7. The Kier molecular flexibility index (Phi) is 7.78. The van der Waals surface area contributed by atoms with E-state index in [4.69, 9.17) is 9.47 Å². The van der Waals surface area contributed by atoms with Gasteiger partial charge in [-0.1, -0.05) is 19.1 Å². The summed E-state index contributed by atoms with van der Waals surface area (Å²) in [4.78, 5) is 12.5. The number of sulfonamides is 1. The summed E-state index contributed by atoms with van der Waals surface area (Å²) in [6, 6.07) is 12.9. The average molecular weight is 392 g/mol. The molecule has 0 aromatic heterocycles. The number of hydrogen-bond donors (Lipinski definition) is 2. The van der Waals surface area contributed by atoms with Crippen molar-refractivity contribution in [3.63, 3.8) is 0 Å². The van der Waals surface area contributed by atoms with Crippen LogP contribution in [0.1, 0.15) is 23.7 Å². The minimum Gasteiger partial charge on any atom is -0.491 e. The number of para-hydroxylation sites is 2. The fraction of sp³-hybridized carbons (Fsp3) is 0.316. The van der Waals surface area contributed by atoms with E-state index in [1.807, 2.05) is 13.0 Å². The first kappa shape index (κ1) is 20.9. The molecule has 0 spiro atoms. The van der Waals surface area contributed by atoms with Crippen LogP contribution in [-0.4, -0.2) is 41.2 Å². The Hall–Kier alpha value is -2.42. The molecule has 2 N–H and O–H groups in total. The van der Waals surface area contributed by atoms with E-state index < -0.39 is 10.0 Å². The highest BCUT2D eigenvalue weighted by atomic mass is 32.2. The summed E-state index contributed by atoms with van der Waals surface area (Å²) in [5, 5.41) is 2.79. The van der Waals surface area contributed by atoms with Gasteiger partial charge in [0, 0.05) is 19.2 Å². The molecule has 27 heavy (non-hydrogen) atoms. The number of carbonyl (C=O) groups is 1. The summed E-state index contributed by atoms with van der Waals surface area (Å²) < 4.78 is 37.1. The summed E-state index contributed by atoms with van der Waals surface area (Å²) in [6.07, 6.45) is 0.858. The number of nitrogens with one attached hydrogen (secondary N) is 2. The van der Waals surface area contributed by atoms with E-state index >= 15 is 0 Å². The molecule has 0 heterocycles. The number of rotatable bonds is 10. The molecule has 0 atom stereocenters. The van der Waals surface area contributed by atoms with Crippen LogP contribution < -0.4 is 14.8 Å². The van der Waals surface area contributed by atoms with Crippen molar-refractivity contribution in [2.24, 2.45) is 0 Å². The minimum atomic E-state index is -3.63. The molecule has 0 aliphatic carbocycles. The van der Waals surface area contributed by atoms with Crippen molar-refractivity contribution in [1.82, 2.24) is 4.72 Å². The molecule has 146 valence electrons. The van der Waals surface area contributed by atoms with Gasteiger partial charge in [-0.3, -0.25) is 4.79 Å². The van der Waals surface area contributed by atoms with Gasteiger partial charge >= 0.3 is 0 Å².